The molecule has 0 bridgehead atoms. The van der Waals surface area contributed by atoms with Gasteiger partial charge >= 0.3 is 0 Å². The number of nitrogens with zero attached hydrogens (tertiary/aromatic N) is 4. The lowest BCUT2D eigenvalue weighted by molar-refractivity contribution is -0.129. The van der Waals surface area contributed by atoms with Crippen LogP contribution in [0.4, 0.5) is 5.13 Å². The van der Waals surface area contributed by atoms with Gasteiger partial charge in [0.25, 0.3) is 0 Å². The Balaban J connectivity index is 1.36. The molecule has 2 heterocycles. The molecule has 38 heavy (non-hydrogen) atoms. The van der Waals surface area contributed by atoms with E-state index >= 15 is 0 Å². The summed E-state index contributed by atoms with van der Waals surface area (Å²) in [4.78, 5) is 21.6. The van der Waals surface area contributed by atoms with Gasteiger partial charge < -0.3 is 23.7 Å². The Bertz CT molecular complexity index is 1300. The van der Waals surface area contributed by atoms with E-state index in [9.17, 15) is 4.79 Å². The number of aromatic nitrogens is 2. The van der Waals surface area contributed by atoms with E-state index in [1.54, 1.807) is 25.4 Å². The SMILES string of the molecule is COc1ccc(CCN(C)C(=O)CCN(Cc2ccco2)c2nc(Cc3ccc(C)cc3)ns2)cc1OC. The number of amides is 1. The number of methoxy groups -OCH3 is 2. The topological polar surface area (TPSA) is 80.9 Å². The summed E-state index contributed by atoms with van der Waals surface area (Å²) < 4.78 is 20.9. The van der Waals surface area contributed by atoms with Crippen molar-refractivity contribution in [2.45, 2.75) is 32.7 Å². The van der Waals surface area contributed by atoms with E-state index < -0.39 is 0 Å². The van der Waals surface area contributed by atoms with Crippen LogP contribution in [0.3, 0.4) is 0 Å². The van der Waals surface area contributed by atoms with Crippen LogP contribution >= 0.6 is 11.5 Å². The zero-order valence-corrected chi connectivity index (χ0v) is 23.2. The van der Waals surface area contributed by atoms with Gasteiger partial charge in [0.2, 0.25) is 11.0 Å². The van der Waals surface area contributed by atoms with E-state index in [1.165, 1.54) is 22.7 Å². The molecule has 0 radical (unpaired) electrons. The first-order valence-electron chi connectivity index (χ1n) is 12.6. The molecule has 4 rings (SSSR count). The highest BCUT2D eigenvalue weighted by Crippen LogP contribution is 2.28. The van der Waals surface area contributed by atoms with Crippen molar-refractivity contribution in [3.63, 3.8) is 0 Å². The molecule has 0 fully saturated rings. The first-order valence-corrected chi connectivity index (χ1v) is 13.3. The van der Waals surface area contributed by atoms with Gasteiger partial charge in [-0.2, -0.15) is 4.37 Å². The standard InChI is InChI=1S/C29H34N4O4S/c1-21-7-9-22(10-8-21)19-27-30-29(38-31-27)33(20-24-6-5-17-37-24)16-14-28(34)32(2)15-13-23-11-12-25(35-3)26(18-23)36-4/h5-12,17-18H,13-16,19-20H2,1-4H3. The monoisotopic (exact) mass is 534 g/mol. The minimum absolute atomic E-state index is 0.0688. The van der Waals surface area contributed by atoms with Gasteiger partial charge in [0.05, 0.1) is 27.0 Å². The number of rotatable bonds is 13. The second-order valence-corrected chi connectivity index (χ2v) is 9.89. The van der Waals surface area contributed by atoms with Crippen molar-refractivity contribution in [1.82, 2.24) is 14.3 Å². The number of hydrogen-bond donors (Lipinski definition) is 0. The Morgan fingerprint density at radius 1 is 1.00 bits per heavy atom. The van der Waals surface area contributed by atoms with Crippen LogP contribution in [0.1, 0.15) is 34.7 Å². The zero-order valence-electron chi connectivity index (χ0n) is 22.3. The molecule has 0 unspecified atom stereocenters. The van der Waals surface area contributed by atoms with Crippen LogP contribution in [-0.4, -0.2) is 54.5 Å². The van der Waals surface area contributed by atoms with E-state index in [1.807, 2.05) is 37.4 Å². The Morgan fingerprint density at radius 2 is 1.76 bits per heavy atom. The maximum absolute atomic E-state index is 13.0. The van der Waals surface area contributed by atoms with Crippen LogP contribution < -0.4 is 14.4 Å². The van der Waals surface area contributed by atoms with Gasteiger partial charge in [0.15, 0.2) is 11.5 Å². The smallest absolute Gasteiger partial charge is 0.224 e. The fourth-order valence-electron chi connectivity index (χ4n) is 4.05. The molecule has 0 atom stereocenters. The van der Waals surface area contributed by atoms with Crippen molar-refractivity contribution in [2.24, 2.45) is 0 Å². The third kappa shape index (κ3) is 7.35. The lowest BCUT2D eigenvalue weighted by Gasteiger charge is -2.22. The molecule has 2 aromatic carbocycles. The van der Waals surface area contributed by atoms with Crippen molar-refractivity contribution < 1.29 is 18.7 Å². The number of benzene rings is 2. The lowest BCUT2D eigenvalue weighted by Crippen LogP contribution is -2.33. The summed E-state index contributed by atoms with van der Waals surface area (Å²) in [5, 5.41) is 0.782. The quantitative estimate of drug-likeness (QED) is 0.235. The number of ether oxygens (including phenoxy) is 2. The molecule has 0 aliphatic heterocycles. The molecule has 0 N–H and O–H groups in total. The molecule has 4 aromatic rings. The maximum Gasteiger partial charge on any atom is 0.224 e. The summed E-state index contributed by atoms with van der Waals surface area (Å²) in [6.45, 7) is 3.71. The van der Waals surface area contributed by atoms with Gasteiger partial charge in [0.1, 0.15) is 11.6 Å². The third-order valence-corrected chi connectivity index (χ3v) is 7.16. The molecule has 0 saturated heterocycles. The molecule has 9 heteroatoms. The van der Waals surface area contributed by atoms with Crippen LogP contribution in [0.5, 0.6) is 11.5 Å². The van der Waals surface area contributed by atoms with E-state index in [0.717, 1.165) is 28.7 Å². The molecular weight excluding hydrogens is 500 g/mol. The molecule has 0 saturated carbocycles. The first-order chi connectivity index (χ1) is 18.4. The van der Waals surface area contributed by atoms with Crippen molar-refractivity contribution >= 4 is 22.6 Å². The Hall–Kier alpha value is -3.85. The molecule has 0 aliphatic rings. The Morgan fingerprint density at radius 3 is 2.47 bits per heavy atom. The van der Waals surface area contributed by atoms with E-state index in [-0.39, 0.29) is 5.91 Å². The van der Waals surface area contributed by atoms with Gasteiger partial charge in [-0.1, -0.05) is 35.9 Å². The Labute approximate surface area is 228 Å². The van der Waals surface area contributed by atoms with Crippen LogP contribution in [0.25, 0.3) is 0 Å². The van der Waals surface area contributed by atoms with Crippen molar-refractivity contribution in [2.75, 3.05) is 39.3 Å². The minimum Gasteiger partial charge on any atom is -0.493 e. The summed E-state index contributed by atoms with van der Waals surface area (Å²) in [6, 6.07) is 18.0. The van der Waals surface area contributed by atoms with Crippen LogP contribution in [-0.2, 0) is 24.2 Å². The van der Waals surface area contributed by atoms with Crippen molar-refractivity contribution in [3.8, 4) is 11.5 Å². The summed E-state index contributed by atoms with van der Waals surface area (Å²) in [5.41, 5.74) is 3.48. The second-order valence-electron chi connectivity index (χ2n) is 9.16. The summed E-state index contributed by atoms with van der Waals surface area (Å²) >= 11 is 1.35. The summed E-state index contributed by atoms with van der Waals surface area (Å²) in [5.74, 6) is 3.04. The van der Waals surface area contributed by atoms with Crippen LogP contribution in [0, 0.1) is 6.92 Å². The average Bonchev–Trinajstić information content (AvgIpc) is 3.63. The summed E-state index contributed by atoms with van der Waals surface area (Å²) in [7, 11) is 5.07. The molecule has 0 spiro atoms. The van der Waals surface area contributed by atoms with Crippen molar-refractivity contribution in [1.29, 1.82) is 0 Å². The highest BCUT2D eigenvalue weighted by molar-refractivity contribution is 7.09. The molecule has 8 nitrogen and oxygen atoms in total. The van der Waals surface area contributed by atoms with E-state index in [0.29, 0.717) is 44.0 Å². The maximum atomic E-state index is 13.0. The zero-order chi connectivity index (χ0) is 26.9. The predicted octanol–water partition coefficient (Wildman–Crippen LogP) is 5.15. The normalized spacial score (nSPS) is 10.8. The largest absolute Gasteiger partial charge is 0.493 e. The van der Waals surface area contributed by atoms with E-state index in [2.05, 4.69) is 40.5 Å². The number of anilines is 1. The number of likely N-dealkylation sites (N-methyl/N-ethyl adjacent to an activating group) is 1. The molecule has 1 amide bonds. The van der Waals surface area contributed by atoms with Gasteiger partial charge in [-0.15, -0.1) is 0 Å². The van der Waals surface area contributed by atoms with Gasteiger partial charge in [-0.25, -0.2) is 4.98 Å². The fourth-order valence-corrected chi connectivity index (χ4v) is 4.76. The number of furan rings is 1. The van der Waals surface area contributed by atoms with Gasteiger partial charge in [0, 0.05) is 44.5 Å². The predicted molar refractivity (Wildman–Crippen MR) is 149 cm³/mol. The average molecular weight is 535 g/mol. The van der Waals surface area contributed by atoms with Gasteiger partial charge in [-0.05, 0) is 48.7 Å². The van der Waals surface area contributed by atoms with Crippen LogP contribution in [0.2, 0.25) is 0 Å². The van der Waals surface area contributed by atoms with Crippen LogP contribution in [0.15, 0.2) is 65.3 Å². The molecule has 200 valence electrons. The number of hydrogen-bond acceptors (Lipinski definition) is 8. The summed E-state index contributed by atoms with van der Waals surface area (Å²) in [6.07, 6.45) is 3.40. The minimum atomic E-state index is 0.0688. The molecular formula is C29H34N4O4S. The number of aryl methyl sites for hydroxylation is 1. The highest BCUT2D eigenvalue weighted by Gasteiger charge is 2.18. The van der Waals surface area contributed by atoms with E-state index in [4.69, 9.17) is 18.9 Å². The first kappa shape index (κ1) is 27.2. The fraction of sp³-hybridized carbons (Fsp3) is 0.345. The lowest BCUT2D eigenvalue weighted by atomic mass is 10.1. The Kier molecular flexibility index (Phi) is 9.37. The number of carbonyl (C=O) groups is 1. The number of carbonyl (C=O) groups excluding carboxylic acids is 1. The molecule has 2 aromatic heterocycles. The third-order valence-electron chi connectivity index (χ3n) is 6.34. The molecule has 0 aliphatic carbocycles. The van der Waals surface area contributed by atoms with Gasteiger partial charge in [-0.3, -0.25) is 4.79 Å². The van der Waals surface area contributed by atoms with Crippen molar-refractivity contribution in [3.05, 3.63) is 89.1 Å². The second kappa shape index (κ2) is 13.1. The highest BCUT2D eigenvalue weighted by atomic mass is 32.1.